The molecule has 0 aliphatic rings. The van der Waals surface area contributed by atoms with E-state index in [1.54, 1.807) is 0 Å². The van der Waals surface area contributed by atoms with E-state index < -0.39 is 4.83 Å². The summed E-state index contributed by atoms with van der Waals surface area (Å²) < 4.78 is 11.1. The Balaban J connectivity index is 2.55. The maximum Gasteiger partial charge on any atom is 0.322 e. The van der Waals surface area contributed by atoms with E-state index in [9.17, 15) is 4.79 Å². The van der Waals surface area contributed by atoms with Crippen molar-refractivity contribution in [2.24, 2.45) is 0 Å². The fourth-order valence-corrected chi connectivity index (χ4v) is 1.64. The minimum Gasteiger partial charge on any atom is -0.492 e. The number of aryl methyl sites for hydroxylation is 1. The Kier molecular flexibility index (Phi) is 5.28. The molecule has 0 radical (unpaired) electrons. The molecule has 3 nitrogen and oxygen atoms in total. The van der Waals surface area contributed by atoms with Crippen LogP contribution in [0.15, 0.2) is 22.7 Å². The largest absolute Gasteiger partial charge is 0.492 e. The van der Waals surface area contributed by atoms with Gasteiger partial charge in [-0.2, -0.15) is 0 Å². The molecule has 1 rings (SSSR count). The van der Waals surface area contributed by atoms with E-state index in [0.717, 1.165) is 15.8 Å². The van der Waals surface area contributed by atoms with Gasteiger partial charge in [0.25, 0.3) is 0 Å². The van der Waals surface area contributed by atoms with Gasteiger partial charge in [-0.25, -0.2) is 0 Å². The highest BCUT2D eigenvalue weighted by Gasteiger charge is 2.15. The Labute approximate surface area is 111 Å². The highest BCUT2D eigenvalue weighted by molar-refractivity contribution is 9.10. The third-order valence-electron chi connectivity index (χ3n) is 1.98. The molecule has 0 saturated heterocycles. The van der Waals surface area contributed by atoms with Gasteiger partial charge in [0, 0.05) is 4.47 Å². The number of hydrogen-bond acceptors (Lipinski definition) is 3. The zero-order valence-electron chi connectivity index (χ0n) is 9.00. The lowest BCUT2D eigenvalue weighted by Gasteiger charge is -2.10. The summed E-state index contributed by atoms with van der Waals surface area (Å²) in [6.45, 7) is 2.22. The molecule has 5 heteroatoms. The molecule has 0 N–H and O–H groups in total. The van der Waals surface area contributed by atoms with Crippen molar-refractivity contribution in [3.05, 3.63) is 28.2 Å². The van der Waals surface area contributed by atoms with E-state index in [-0.39, 0.29) is 12.6 Å². The normalized spacial score (nSPS) is 12.0. The van der Waals surface area contributed by atoms with Crippen LogP contribution in [-0.4, -0.2) is 24.5 Å². The minimum absolute atomic E-state index is 0.244. The van der Waals surface area contributed by atoms with Gasteiger partial charge in [0.2, 0.25) is 0 Å². The predicted molar refractivity (Wildman–Crippen MR) is 69.1 cm³/mol. The van der Waals surface area contributed by atoms with Gasteiger partial charge in [0.15, 0.2) is 0 Å². The molecule has 0 aromatic heterocycles. The Morgan fingerprint density at radius 1 is 1.50 bits per heavy atom. The molecule has 0 heterocycles. The topological polar surface area (TPSA) is 35.5 Å². The number of hydrogen-bond donors (Lipinski definition) is 0. The lowest BCUT2D eigenvalue weighted by atomic mass is 10.2. The van der Waals surface area contributed by atoms with Gasteiger partial charge in [0.05, 0.1) is 7.11 Å². The average Bonchev–Trinajstić information content (AvgIpc) is 2.29. The summed E-state index contributed by atoms with van der Waals surface area (Å²) in [7, 11) is 1.35. The van der Waals surface area contributed by atoms with Crippen molar-refractivity contribution in [3.8, 4) is 5.75 Å². The molecule has 16 heavy (non-hydrogen) atoms. The summed E-state index contributed by atoms with van der Waals surface area (Å²) in [5.41, 5.74) is 1.08. The molecule has 1 atom stereocenters. The quantitative estimate of drug-likeness (QED) is 0.617. The predicted octanol–water partition coefficient (Wildman–Crippen LogP) is 3.07. The van der Waals surface area contributed by atoms with E-state index in [0.29, 0.717) is 0 Å². The lowest BCUT2D eigenvalue weighted by molar-refractivity contribution is -0.140. The second-order valence-electron chi connectivity index (χ2n) is 3.21. The van der Waals surface area contributed by atoms with Crippen LogP contribution in [0.25, 0.3) is 0 Å². The molecule has 0 saturated carbocycles. The molecule has 0 bridgehead atoms. The molecule has 1 aromatic carbocycles. The summed E-state index contributed by atoms with van der Waals surface area (Å²) in [6.07, 6.45) is 0. The first-order valence-electron chi connectivity index (χ1n) is 4.65. The highest BCUT2D eigenvalue weighted by atomic mass is 79.9. The first kappa shape index (κ1) is 13.5. The van der Waals surface area contributed by atoms with Crippen molar-refractivity contribution in [3.63, 3.8) is 0 Å². The van der Waals surface area contributed by atoms with Gasteiger partial charge in [0.1, 0.15) is 17.2 Å². The van der Waals surface area contributed by atoms with Crippen LogP contribution in [0, 0.1) is 6.92 Å². The molecule has 0 amide bonds. The second kappa shape index (κ2) is 6.25. The number of ether oxygens (including phenoxy) is 2. The van der Waals surface area contributed by atoms with Gasteiger partial charge < -0.3 is 9.47 Å². The summed E-state index contributed by atoms with van der Waals surface area (Å²) >= 11 is 6.59. The Morgan fingerprint density at radius 2 is 2.19 bits per heavy atom. The lowest BCUT2D eigenvalue weighted by Crippen LogP contribution is -2.22. The monoisotopic (exact) mass is 350 g/mol. The summed E-state index contributed by atoms with van der Waals surface area (Å²) in [4.78, 5) is 10.7. The summed E-state index contributed by atoms with van der Waals surface area (Å²) in [6, 6.07) is 5.65. The molecular weight excluding hydrogens is 340 g/mol. The van der Waals surface area contributed by atoms with Crippen LogP contribution in [0.2, 0.25) is 0 Å². The van der Waals surface area contributed by atoms with Crippen molar-refractivity contribution < 1.29 is 14.3 Å². The summed E-state index contributed by atoms with van der Waals surface area (Å²) in [5.74, 6) is 0.392. The smallest absolute Gasteiger partial charge is 0.322 e. The van der Waals surface area contributed by atoms with E-state index in [2.05, 4.69) is 36.6 Å². The van der Waals surface area contributed by atoms with E-state index in [1.165, 1.54) is 7.11 Å². The van der Waals surface area contributed by atoms with Crippen LogP contribution in [0.4, 0.5) is 0 Å². The Hall–Kier alpha value is -0.550. The molecule has 0 aliphatic heterocycles. The van der Waals surface area contributed by atoms with E-state index in [1.807, 2.05) is 25.1 Å². The molecule has 1 unspecified atom stereocenters. The molecule has 1 aromatic rings. The Bertz CT molecular complexity index is 379. The number of alkyl halides is 1. The number of halogens is 2. The second-order valence-corrected chi connectivity index (χ2v) is 5.17. The number of rotatable bonds is 4. The molecule has 0 fully saturated rings. The average molecular weight is 352 g/mol. The third kappa shape index (κ3) is 3.79. The van der Waals surface area contributed by atoms with Crippen molar-refractivity contribution in [1.82, 2.24) is 0 Å². The van der Waals surface area contributed by atoms with Gasteiger partial charge in [-0.1, -0.05) is 31.9 Å². The first-order chi connectivity index (χ1) is 7.54. The van der Waals surface area contributed by atoms with Crippen LogP contribution >= 0.6 is 31.9 Å². The van der Waals surface area contributed by atoms with E-state index in [4.69, 9.17) is 4.74 Å². The van der Waals surface area contributed by atoms with Crippen LogP contribution in [0.3, 0.4) is 0 Å². The third-order valence-corrected chi connectivity index (χ3v) is 3.51. The SMILES string of the molecule is COC(=O)C(Br)COc1ccc(Br)c(C)c1. The van der Waals surface area contributed by atoms with Crippen molar-refractivity contribution in [2.75, 3.05) is 13.7 Å². The van der Waals surface area contributed by atoms with Crippen LogP contribution in [0.5, 0.6) is 5.75 Å². The maximum atomic E-state index is 11.1. The number of carbonyl (C=O) groups is 1. The highest BCUT2D eigenvalue weighted by Crippen LogP contribution is 2.22. The fourth-order valence-electron chi connectivity index (χ4n) is 1.07. The van der Waals surface area contributed by atoms with Gasteiger partial charge in [-0.15, -0.1) is 0 Å². The van der Waals surface area contributed by atoms with Crippen molar-refractivity contribution in [2.45, 2.75) is 11.8 Å². The van der Waals surface area contributed by atoms with Gasteiger partial charge in [-0.3, -0.25) is 4.79 Å². The van der Waals surface area contributed by atoms with Crippen LogP contribution in [-0.2, 0) is 9.53 Å². The molecular formula is C11H12Br2O3. The first-order valence-corrected chi connectivity index (χ1v) is 6.36. The molecule has 0 aliphatic carbocycles. The molecule has 88 valence electrons. The summed E-state index contributed by atoms with van der Waals surface area (Å²) in [5, 5.41) is 0. The number of benzene rings is 1. The number of esters is 1. The fraction of sp³-hybridized carbons (Fsp3) is 0.364. The van der Waals surface area contributed by atoms with Crippen molar-refractivity contribution in [1.29, 1.82) is 0 Å². The van der Waals surface area contributed by atoms with Crippen molar-refractivity contribution >= 4 is 37.8 Å². The van der Waals surface area contributed by atoms with Crippen LogP contribution < -0.4 is 4.74 Å². The zero-order valence-corrected chi connectivity index (χ0v) is 12.2. The van der Waals surface area contributed by atoms with E-state index >= 15 is 0 Å². The van der Waals surface area contributed by atoms with Crippen LogP contribution in [0.1, 0.15) is 5.56 Å². The molecule has 0 spiro atoms. The minimum atomic E-state index is -0.443. The van der Waals surface area contributed by atoms with Gasteiger partial charge in [-0.05, 0) is 30.7 Å². The zero-order chi connectivity index (χ0) is 12.1. The maximum absolute atomic E-state index is 11.1. The number of methoxy groups -OCH3 is 1. The van der Waals surface area contributed by atoms with Gasteiger partial charge >= 0.3 is 5.97 Å². The number of carbonyl (C=O) groups excluding carboxylic acids is 1. The Morgan fingerprint density at radius 3 is 2.75 bits per heavy atom. The standard InChI is InChI=1S/C11H12Br2O3/c1-7-5-8(3-4-9(7)12)16-6-10(13)11(14)15-2/h3-5,10H,6H2,1-2H3.